The van der Waals surface area contributed by atoms with Crippen molar-refractivity contribution in [2.45, 2.75) is 6.92 Å². The number of carbonyl (C=O) groups is 1. The smallest absolute Gasteiger partial charge is 0.150 e. The van der Waals surface area contributed by atoms with E-state index in [-0.39, 0.29) is 0 Å². The van der Waals surface area contributed by atoms with Gasteiger partial charge in [0.15, 0.2) is 0 Å². The van der Waals surface area contributed by atoms with Gasteiger partial charge in [0, 0.05) is 22.7 Å². The summed E-state index contributed by atoms with van der Waals surface area (Å²) in [6.07, 6.45) is 2.47. The Morgan fingerprint density at radius 1 is 1.50 bits per heavy atom. The summed E-state index contributed by atoms with van der Waals surface area (Å²) in [4.78, 5) is 13.7. The third-order valence-electron chi connectivity index (χ3n) is 2.40. The van der Waals surface area contributed by atoms with Gasteiger partial charge in [0.2, 0.25) is 0 Å². The molecule has 1 N–H and O–H groups in total. The number of nitriles is 1. The number of aromatic nitrogens is 1. The van der Waals surface area contributed by atoms with E-state index in [1.807, 2.05) is 13.0 Å². The molecule has 68 valence electrons. The number of aromatic amines is 1. The SMILES string of the molecule is Cc1c(C=O)ccc2[nH]cc(C#N)c12. The maximum absolute atomic E-state index is 10.7. The summed E-state index contributed by atoms with van der Waals surface area (Å²) < 4.78 is 0. The zero-order valence-electron chi connectivity index (χ0n) is 7.66. The lowest BCUT2D eigenvalue weighted by Crippen LogP contribution is -1.87. The largest absolute Gasteiger partial charge is 0.360 e. The molecular formula is C11H8N2O. The third-order valence-corrected chi connectivity index (χ3v) is 2.40. The second-order valence-electron chi connectivity index (χ2n) is 3.13. The van der Waals surface area contributed by atoms with Crippen LogP contribution in [0.5, 0.6) is 0 Å². The molecule has 1 aromatic heterocycles. The van der Waals surface area contributed by atoms with E-state index in [2.05, 4.69) is 11.1 Å². The molecule has 3 heteroatoms. The van der Waals surface area contributed by atoms with Gasteiger partial charge in [-0.2, -0.15) is 5.26 Å². The number of nitrogens with zero attached hydrogens (tertiary/aromatic N) is 1. The average molecular weight is 184 g/mol. The van der Waals surface area contributed by atoms with Crippen molar-refractivity contribution in [3.63, 3.8) is 0 Å². The van der Waals surface area contributed by atoms with Gasteiger partial charge in [-0.1, -0.05) is 0 Å². The molecule has 0 bridgehead atoms. The van der Waals surface area contributed by atoms with Crippen LogP contribution in [0, 0.1) is 18.3 Å². The van der Waals surface area contributed by atoms with Gasteiger partial charge in [-0.15, -0.1) is 0 Å². The van der Waals surface area contributed by atoms with Crippen molar-refractivity contribution in [1.29, 1.82) is 5.26 Å². The van der Waals surface area contributed by atoms with Crippen molar-refractivity contribution in [2.75, 3.05) is 0 Å². The number of aryl methyl sites for hydroxylation is 1. The first-order chi connectivity index (χ1) is 6.77. The van der Waals surface area contributed by atoms with Crippen LogP contribution in [0.4, 0.5) is 0 Å². The fraction of sp³-hybridized carbons (Fsp3) is 0.0909. The Morgan fingerprint density at radius 2 is 2.29 bits per heavy atom. The van der Waals surface area contributed by atoms with Crippen molar-refractivity contribution < 1.29 is 4.79 Å². The molecular weight excluding hydrogens is 176 g/mol. The Bertz CT molecular complexity index is 546. The first-order valence-electron chi connectivity index (χ1n) is 4.24. The summed E-state index contributed by atoms with van der Waals surface area (Å²) in [6.45, 7) is 1.85. The molecule has 1 heterocycles. The first kappa shape index (κ1) is 8.52. The lowest BCUT2D eigenvalue weighted by atomic mass is 10.0. The second kappa shape index (κ2) is 3.00. The topological polar surface area (TPSA) is 56.6 Å². The Kier molecular flexibility index (Phi) is 1.83. The lowest BCUT2D eigenvalue weighted by molar-refractivity contribution is 0.112. The van der Waals surface area contributed by atoms with Gasteiger partial charge in [0.05, 0.1) is 5.56 Å². The molecule has 0 aliphatic heterocycles. The van der Waals surface area contributed by atoms with Crippen molar-refractivity contribution in [3.8, 4) is 6.07 Å². The number of carbonyl (C=O) groups excluding carboxylic acids is 1. The van der Waals surface area contributed by atoms with E-state index in [0.717, 1.165) is 22.8 Å². The van der Waals surface area contributed by atoms with E-state index in [1.54, 1.807) is 12.3 Å². The highest BCUT2D eigenvalue weighted by Gasteiger charge is 2.08. The normalized spacial score (nSPS) is 10.0. The molecule has 14 heavy (non-hydrogen) atoms. The Balaban J connectivity index is 2.92. The molecule has 0 unspecified atom stereocenters. The van der Waals surface area contributed by atoms with E-state index in [4.69, 9.17) is 5.26 Å². The molecule has 3 nitrogen and oxygen atoms in total. The maximum Gasteiger partial charge on any atom is 0.150 e. The minimum Gasteiger partial charge on any atom is -0.360 e. The molecule has 0 aliphatic rings. The fourth-order valence-electron chi connectivity index (χ4n) is 1.63. The predicted octanol–water partition coefficient (Wildman–Crippen LogP) is 2.16. The predicted molar refractivity (Wildman–Crippen MR) is 53.1 cm³/mol. The van der Waals surface area contributed by atoms with Crippen molar-refractivity contribution >= 4 is 17.2 Å². The minimum absolute atomic E-state index is 0.584. The van der Waals surface area contributed by atoms with Crippen molar-refractivity contribution in [1.82, 2.24) is 4.98 Å². The number of hydrogen-bond donors (Lipinski definition) is 1. The highest BCUT2D eigenvalue weighted by atomic mass is 16.1. The molecule has 0 spiro atoms. The number of rotatable bonds is 1. The van der Waals surface area contributed by atoms with E-state index >= 15 is 0 Å². The van der Waals surface area contributed by atoms with Crippen LogP contribution < -0.4 is 0 Å². The number of nitrogens with one attached hydrogen (secondary N) is 1. The van der Waals surface area contributed by atoms with Crippen LogP contribution in [0.2, 0.25) is 0 Å². The summed E-state index contributed by atoms with van der Waals surface area (Å²) in [5, 5.41) is 9.70. The fourth-order valence-corrected chi connectivity index (χ4v) is 1.63. The quantitative estimate of drug-likeness (QED) is 0.690. The summed E-state index contributed by atoms with van der Waals surface area (Å²) >= 11 is 0. The number of hydrogen-bond acceptors (Lipinski definition) is 2. The standard InChI is InChI=1S/C11H8N2O/c1-7-8(6-14)2-3-10-11(7)9(4-12)5-13-10/h2-3,5-6,13H,1H3. The molecule has 0 saturated heterocycles. The number of fused-ring (bicyclic) bond motifs is 1. The Hall–Kier alpha value is -2.08. The van der Waals surface area contributed by atoms with Gasteiger partial charge in [-0.05, 0) is 24.6 Å². The van der Waals surface area contributed by atoms with Gasteiger partial charge >= 0.3 is 0 Å². The highest BCUT2D eigenvalue weighted by Crippen LogP contribution is 2.23. The first-order valence-corrected chi connectivity index (χ1v) is 4.24. The van der Waals surface area contributed by atoms with E-state index in [9.17, 15) is 4.79 Å². The molecule has 1 aromatic carbocycles. The van der Waals surface area contributed by atoms with Gasteiger partial charge in [0.25, 0.3) is 0 Å². The van der Waals surface area contributed by atoms with E-state index in [0.29, 0.717) is 11.1 Å². The average Bonchev–Trinajstić information content (AvgIpc) is 2.62. The highest BCUT2D eigenvalue weighted by molar-refractivity contribution is 5.94. The van der Waals surface area contributed by atoms with Gasteiger partial charge in [-0.3, -0.25) is 4.79 Å². The molecule has 0 amide bonds. The summed E-state index contributed by atoms with van der Waals surface area (Å²) in [7, 11) is 0. The van der Waals surface area contributed by atoms with Gasteiger partial charge in [0.1, 0.15) is 12.4 Å². The lowest BCUT2D eigenvalue weighted by Gasteiger charge is -1.99. The Labute approximate surface area is 81.0 Å². The van der Waals surface area contributed by atoms with Gasteiger partial charge in [-0.25, -0.2) is 0 Å². The van der Waals surface area contributed by atoms with Crippen molar-refractivity contribution in [3.05, 3.63) is 35.0 Å². The minimum atomic E-state index is 0.584. The van der Waals surface area contributed by atoms with E-state index < -0.39 is 0 Å². The molecule has 0 aliphatic carbocycles. The van der Waals surface area contributed by atoms with Crippen molar-refractivity contribution in [2.24, 2.45) is 0 Å². The number of H-pyrrole nitrogens is 1. The molecule has 2 aromatic rings. The second-order valence-corrected chi connectivity index (χ2v) is 3.13. The molecule has 0 fully saturated rings. The molecule has 0 atom stereocenters. The van der Waals surface area contributed by atoms with Crippen LogP contribution in [0.25, 0.3) is 10.9 Å². The summed E-state index contributed by atoms with van der Waals surface area (Å²) in [5.74, 6) is 0. The Morgan fingerprint density at radius 3 is 2.93 bits per heavy atom. The number of aldehydes is 1. The monoisotopic (exact) mass is 184 g/mol. The molecule has 0 saturated carbocycles. The van der Waals surface area contributed by atoms with Gasteiger partial charge < -0.3 is 4.98 Å². The zero-order chi connectivity index (χ0) is 10.1. The summed E-state index contributed by atoms with van der Waals surface area (Å²) in [6, 6.07) is 5.66. The molecule has 2 rings (SSSR count). The molecule has 0 radical (unpaired) electrons. The van der Waals surface area contributed by atoms with Crippen LogP contribution in [0.1, 0.15) is 21.5 Å². The number of benzene rings is 1. The maximum atomic E-state index is 10.7. The van der Waals surface area contributed by atoms with Crippen LogP contribution in [0.3, 0.4) is 0 Å². The van der Waals surface area contributed by atoms with Crippen LogP contribution >= 0.6 is 0 Å². The van der Waals surface area contributed by atoms with E-state index in [1.165, 1.54) is 0 Å². The third kappa shape index (κ3) is 1.01. The van der Waals surface area contributed by atoms with Crippen LogP contribution in [-0.2, 0) is 0 Å². The van der Waals surface area contributed by atoms with Crippen LogP contribution in [0.15, 0.2) is 18.3 Å². The zero-order valence-corrected chi connectivity index (χ0v) is 7.66. The van der Waals surface area contributed by atoms with Crippen LogP contribution in [-0.4, -0.2) is 11.3 Å². The summed E-state index contributed by atoms with van der Waals surface area (Å²) in [5.41, 5.74) is 2.97.